The van der Waals surface area contributed by atoms with Crippen molar-refractivity contribution in [2.45, 2.75) is 33.6 Å². The van der Waals surface area contributed by atoms with Crippen LogP contribution in [0.4, 0.5) is 0 Å². The molecule has 0 saturated heterocycles. The van der Waals surface area contributed by atoms with E-state index in [2.05, 4.69) is 4.74 Å². The molecule has 21 heavy (non-hydrogen) atoms. The molecule has 0 bridgehead atoms. The van der Waals surface area contributed by atoms with Crippen LogP contribution < -0.4 is 4.74 Å². The van der Waals surface area contributed by atoms with Crippen molar-refractivity contribution in [1.82, 2.24) is 0 Å². The van der Waals surface area contributed by atoms with Gasteiger partial charge in [-0.1, -0.05) is 32.0 Å². The Kier molecular flexibility index (Phi) is 11.7. The minimum absolute atomic E-state index is 0.123. The maximum atomic E-state index is 10.7. The van der Waals surface area contributed by atoms with Gasteiger partial charge in [0.15, 0.2) is 0 Å². The van der Waals surface area contributed by atoms with Crippen molar-refractivity contribution < 1.29 is 23.8 Å². The van der Waals surface area contributed by atoms with E-state index in [0.717, 1.165) is 5.75 Å². The lowest BCUT2D eigenvalue weighted by Gasteiger charge is -2.05. The van der Waals surface area contributed by atoms with Crippen LogP contribution in [0.1, 0.15) is 33.6 Å². The van der Waals surface area contributed by atoms with Crippen LogP contribution in [-0.4, -0.2) is 31.8 Å². The minimum atomic E-state index is -0.193. The number of esters is 2. The third kappa shape index (κ3) is 11.5. The van der Waals surface area contributed by atoms with Gasteiger partial charge in [0.25, 0.3) is 0 Å². The van der Waals surface area contributed by atoms with Gasteiger partial charge in [-0.05, 0) is 19.1 Å². The summed E-state index contributed by atoms with van der Waals surface area (Å²) in [7, 11) is 0. The van der Waals surface area contributed by atoms with E-state index < -0.39 is 0 Å². The molecule has 0 fully saturated rings. The summed E-state index contributed by atoms with van der Waals surface area (Å²) in [5.74, 6) is 0.476. The molecule has 0 aromatic heterocycles. The topological polar surface area (TPSA) is 61.8 Å². The molecule has 1 aromatic rings. The summed E-state index contributed by atoms with van der Waals surface area (Å²) in [4.78, 5) is 20.9. The largest absolute Gasteiger partial charge is 0.490 e. The first-order valence-electron chi connectivity index (χ1n) is 7.13. The fraction of sp³-hybridized carbons (Fsp3) is 0.500. The van der Waals surface area contributed by atoms with Crippen molar-refractivity contribution in [3.8, 4) is 5.75 Å². The van der Waals surface area contributed by atoms with E-state index in [1.54, 1.807) is 20.8 Å². The number of ether oxygens (including phenoxy) is 3. The Labute approximate surface area is 126 Å². The molecule has 0 aliphatic heterocycles. The van der Waals surface area contributed by atoms with Crippen LogP contribution >= 0.6 is 0 Å². The lowest BCUT2D eigenvalue weighted by molar-refractivity contribution is -0.144. The third-order valence-corrected chi connectivity index (χ3v) is 2.24. The van der Waals surface area contributed by atoms with Crippen molar-refractivity contribution in [3.05, 3.63) is 30.3 Å². The molecule has 5 heteroatoms. The molecule has 1 aromatic carbocycles. The summed E-state index contributed by atoms with van der Waals surface area (Å²) in [6.07, 6.45) is 0.888. The van der Waals surface area contributed by atoms with E-state index in [-0.39, 0.29) is 11.9 Å². The zero-order chi connectivity index (χ0) is 15.9. The summed E-state index contributed by atoms with van der Waals surface area (Å²) in [5, 5.41) is 0. The smallest absolute Gasteiger partial charge is 0.305 e. The summed E-state index contributed by atoms with van der Waals surface area (Å²) in [6, 6.07) is 9.44. The van der Waals surface area contributed by atoms with Crippen LogP contribution in [0.25, 0.3) is 0 Å². The minimum Gasteiger partial charge on any atom is -0.490 e. The molecule has 0 aliphatic carbocycles. The van der Waals surface area contributed by atoms with Gasteiger partial charge in [-0.25, -0.2) is 0 Å². The van der Waals surface area contributed by atoms with Crippen molar-refractivity contribution in [2.24, 2.45) is 0 Å². The Balaban J connectivity index is 0.000000486. The molecule has 0 heterocycles. The predicted molar refractivity (Wildman–Crippen MR) is 80.1 cm³/mol. The standard InChI is InChI=1S/C11H14O3.C5H10O2/c1-2-11(12)14-9-8-13-10-6-4-3-5-7-10;1-3-5(6)7-4-2/h3-7H,2,8-9H2,1H3;3-4H2,1-2H3. The van der Waals surface area contributed by atoms with Crippen molar-refractivity contribution in [2.75, 3.05) is 19.8 Å². The lowest BCUT2D eigenvalue weighted by Crippen LogP contribution is -2.10. The van der Waals surface area contributed by atoms with Gasteiger partial charge in [-0.15, -0.1) is 0 Å². The number of hydrogen-bond acceptors (Lipinski definition) is 5. The highest BCUT2D eigenvalue weighted by atomic mass is 16.6. The SMILES string of the molecule is CCC(=O)OCCOc1ccccc1.CCOC(=O)CC. The van der Waals surface area contributed by atoms with Gasteiger partial charge >= 0.3 is 11.9 Å². The van der Waals surface area contributed by atoms with Gasteiger partial charge in [0.05, 0.1) is 6.61 Å². The van der Waals surface area contributed by atoms with E-state index in [9.17, 15) is 9.59 Å². The summed E-state index contributed by atoms with van der Waals surface area (Å²) in [6.45, 7) is 6.54. The van der Waals surface area contributed by atoms with Crippen LogP contribution in [0, 0.1) is 0 Å². The second kappa shape index (κ2) is 13.0. The summed E-state index contributed by atoms with van der Waals surface area (Å²) >= 11 is 0. The molecular weight excluding hydrogens is 272 g/mol. The molecule has 0 saturated carbocycles. The molecule has 1 rings (SSSR count). The summed E-state index contributed by atoms with van der Waals surface area (Å²) < 4.78 is 14.7. The van der Waals surface area contributed by atoms with Crippen LogP contribution in [0.5, 0.6) is 5.75 Å². The molecule has 0 spiro atoms. The van der Waals surface area contributed by atoms with E-state index >= 15 is 0 Å². The molecule has 0 atom stereocenters. The van der Waals surface area contributed by atoms with E-state index in [4.69, 9.17) is 9.47 Å². The molecule has 0 radical (unpaired) electrons. The maximum absolute atomic E-state index is 10.7. The first kappa shape index (κ1) is 19.0. The average molecular weight is 296 g/mol. The zero-order valence-electron chi connectivity index (χ0n) is 13.0. The van der Waals surface area contributed by atoms with Gasteiger partial charge in [-0.3, -0.25) is 9.59 Å². The monoisotopic (exact) mass is 296 g/mol. The van der Waals surface area contributed by atoms with Crippen molar-refractivity contribution in [1.29, 1.82) is 0 Å². The molecule has 0 N–H and O–H groups in total. The van der Waals surface area contributed by atoms with Crippen molar-refractivity contribution in [3.63, 3.8) is 0 Å². The van der Waals surface area contributed by atoms with E-state index in [1.807, 2.05) is 30.3 Å². The number of para-hydroxylation sites is 1. The number of rotatable bonds is 7. The zero-order valence-corrected chi connectivity index (χ0v) is 13.0. The molecular formula is C16H24O5. The fourth-order valence-electron chi connectivity index (χ4n) is 1.20. The molecule has 118 valence electrons. The van der Waals surface area contributed by atoms with Gasteiger partial charge in [0.1, 0.15) is 19.0 Å². The highest BCUT2D eigenvalue weighted by Crippen LogP contribution is 2.07. The number of hydrogen-bond donors (Lipinski definition) is 0. The van der Waals surface area contributed by atoms with Crippen LogP contribution in [-0.2, 0) is 19.1 Å². The van der Waals surface area contributed by atoms with Gasteiger partial charge in [0, 0.05) is 12.8 Å². The lowest BCUT2D eigenvalue weighted by atomic mass is 10.3. The van der Waals surface area contributed by atoms with Crippen LogP contribution in [0.15, 0.2) is 30.3 Å². The Morgan fingerprint density at radius 1 is 0.857 bits per heavy atom. The normalized spacial score (nSPS) is 9.10. The molecule has 0 unspecified atom stereocenters. The highest BCUT2D eigenvalue weighted by molar-refractivity contribution is 5.69. The van der Waals surface area contributed by atoms with Gasteiger partial charge in [0.2, 0.25) is 0 Å². The van der Waals surface area contributed by atoms with Crippen LogP contribution in [0.2, 0.25) is 0 Å². The Hall–Kier alpha value is -2.04. The third-order valence-electron chi connectivity index (χ3n) is 2.24. The Morgan fingerprint density at radius 2 is 1.43 bits per heavy atom. The Bertz CT molecular complexity index is 389. The maximum Gasteiger partial charge on any atom is 0.305 e. The molecule has 0 aliphatic rings. The van der Waals surface area contributed by atoms with Crippen molar-refractivity contribution >= 4 is 11.9 Å². The first-order valence-corrected chi connectivity index (χ1v) is 7.13. The first-order chi connectivity index (χ1) is 10.1. The van der Waals surface area contributed by atoms with Gasteiger partial charge in [-0.2, -0.15) is 0 Å². The van der Waals surface area contributed by atoms with E-state index in [0.29, 0.717) is 32.7 Å². The number of benzene rings is 1. The second-order valence-corrected chi connectivity index (χ2v) is 3.89. The summed E-state index contributed by atoms with van der Waals surface area (Å²) in [5.41, 5.74) is 0. The highest BCUT2D eigenvalue weighted by Gasteiger charge is 1.97. The van der Waals surface area contributed by atoms with Gasteiger partial charge < -0.3 is 14.2 Å². The second-order valence-electron chi connectivity index (χ2n) is 3.89. The van der Waals surface area contributed by atoms with Crippen LogP contribution in [0.3, 0.4) is 0 Å². The number of carbonyl (C=O) groups excluding carboxylic acids is 2. The average Bonchev–Trinajstić information content (AvgIpc) is 2.53. The number of carbonyl (C=O) groups is 2. The quantitative estimate of drug-likeness (QED) is 0.572. The Morgan fingerprint density at radius 3 is 1.90 bits per heavy atom. The fourth-order valence-corrected chi connectivity index (χ4v) is 1.20. The molecule has 5 nitrogen and oxygen atoms in total. The molecule has 0 amide bonds. The predicted octanol–water partition coefficient (Wildman–Crippen LogP) is 2.98. The van der Waals surface area contributed by atoms with E-state index in [1.165, 1.54) is 0 Å².